The van der Waals surface area contributed by atoms with Gasteiger partial charge in [0.25, 0.3) is 5.24 Å². The van der Waals surface area contributed by atoms with Crippen molar-refractivity contribution in [1.29, 1.82) is 0 Å². The molecule has 21 heavy (non-hydrogen) atoms. The van der Waals surface area contributed by atoms with Gasteiger partial charge in [-0.2, -0.15) is 0 Å². The van der Waals surface area contributed by atoms with Crippen molar-refractivity contribution in [3.8, 4) is 0 Å². The Morgan fingerprint density at radius 2 is 2.33 bits per heavy atom. The number of aryl methyl sites for hydroxylation is 1. The van der Waals surface area contributed by atoms with Crippen molar-refractivity contribution in [3.05, 3.63) is 18.2 Å². The Balaban J connectivity index is 1.47. The number of amides is 3. The number of imide groups is 1. The molecule has 1 saturated heterocycles. The summed E-state index contributed by atoms with van der Waals surface area (Å²) < 4.78 is 2.06. The van der Waals surface area contributed by atoms with Gasteiger partial charge in [-0.25, -0.2) is 4.98 Å². The first kappa shape index (κ1) is 14.1. The lowest BCUT2D eigenvalue weighted by Gasteiger charge is -2.23. The molecule has 1 fully saturated rings. The van der Waals surface area contributed by atoms with E-state index < -0.39 is 0 Å². The van der Waals surface area contributed by atoms with E-state index in [1.54, 1.807) is 6.20 Å². The third kappa shape index (κ3) is 2.94. The van der Waals surface area contributed by atoms with E-state index in [0.29, 0.717) is 13.0 Å². The van der Waals surface area contributed by atoms with Crippen LogP contribution < -0.4 is 5.32 Å². The molecule has 0 spiro atoms. The fraction of sp³-hybridized carbons (Fsp3) is 0.538. The molecule has 112 valence electrons. The molecular formula is C13H16N4O3S. The van der Waals surface area contributed by atoms with Gasteiger partial charge in [0.05, 0.1) is 5.75 Å². The largest absolute Gasteiger partial charge is 0.354 e. The molecule has 0 saturated carbocycles. The van der Waals surface area contributed by atoms with E-state index in [1.807, 2.05) is 6.20 Å². The summed E-state index contributed by atoms with van der Waals surface area (Å²) >= 11 is 1.01. The van der Waals surface area contributed by atoms with E-state index >= 15 is 0 Å². The summed E-state index contributed by atoms with van der Waals surface area (Å²) in [7, 11) is 0. The summed E-state index contributed by atoms with van der Waals surface area (Å²) in [5.74, 6) is 0.842. The first-order valence-corrected chi connectivity index (χ1v) is 7.88. The number of carbonyl (C=O) groups is 3. The van der Waals surface area contributed by atoms with Crippen molar-refractivity contribution in [2.24, 2.45) is 5.92 Å². The second kappa shape index (κ2) is 5.88. The van der Waals surface area contributed by atoms with Gasteiger partial charge in [-0.05, 0) is 6.42 Å². The zero-order valence-electron chi connectivity index (χ0n) is 11.4. The van der Waals surface area contributed by atoms with E-state index in [2.05, 4.69) is 14.9 Å². The second-order valence-corrected chi connectivity index (χ2v) is 6.04. The summed E-state index contributed by atoms with van der Waals surface area (Å²) in [6, 6.07) is 0. The molecule has 3 heterocycles. The maximum absolute atomic E-state index is 12.1. The average molecular weight is 308 g/mol. The van der Waals surface area contributed by atoms with Gasteiger partial charge in [-0.3, -0.25) is 19.3 Å². The van der Waals surface area contributed by atoms with E-state index in [9.17, 15) is 14.4 Å². The number of rotatable bonds is 4. The molecule has 0 bridgehead atoms. The number of hydrogen-bond donors (Lipinski definition) is 1. The topological polar surface area (TPSA) is 84.3 Å². The van der Waals surface area contributed by atoms with E-state index in [0.717, 1.165) is 30.6 Å². The van der Waals surface area contributed by atoms with Crippen molar-refractivity contribution in [1.82, 2.24) is 19.8 Å². The van der Waals surface area contributed by atoms with Gasteiger partial charge in [0.2, 0.25) is 11.8 Å². The molecule has 2 aliphatic heterocycles. The minimum atomic E-state index is -0.228. The Bertz CT molecular complexity index is 570. The molecule has 3 rings (SSSR count). The van der Waals surface area contributed by atoms with Crippen molar-refractivity contribution in [2.45, 2.75) is 19.4 Å². The minimum Gasteiger partial charge on any atom is -0.354 e. The maximum Gasteiger partial charge on any atom is 0.288 e. The lowest BCUT2D eigenvalue weighted by atomic mass is 9.97. The Hall–Kier alpha value is -1.83. The summed E-state index contributed by atoms with van der Waals surface area (Å²) in [6.07, 6.45) is 5.09. The van der Waals surface area contributed by atoms with E-state index in [-0.39, 0.29) is 35.3 Å². The van der Waals surface area contributed by atoms with Gasteiger partial charge in [0, 0.05) is 44.4 Å². The first-order chi connectivity index (χ1) is 10.1. The Morgan fingerprint density at radius 1 is 1.48 bits per heavy atom. The van der Waals surface area contributed by atoms with Crippen molar-refractivity contribution < 1.29 is 14.4 Å². The van der Waals surface area contributed by atoms with Crippen LogP contribution in [0.1, 0.15) is 12.2 Å². The normalized spacial score (nSPS) is 21.5. The number of hydrogen-bond acceptors (Lipinski definition) is 5. The van der Waals surface area contributed by atoms with Crippen LogP contribution in [-0.4, -0.2) is 50.3 Å². The van der Waals surface area contributed by atoms with Crippen LogP contribution in [0.15, 0.2) is 12.4 Å². The van der Waals surface area contributed by atoms with E-state index in [4.69, 9.17) is 0 Å². The number of fused-ring (bicyclic) bond motifs is 1. The van der Waals surface area contributed by atoms with Gasteiger partial charge < -0.3 is 9.88 Å². The standard InChI is InChI=1S/C13H16N4O3S/c18-11-8-21-13(20)17(11)6-3-15-12(19)9-1-4-16-5-2-14-10(16)7-9/h2,5,9H,1,3-4,6-8H2,(H,15,19). The third-order valence-corrected chi connectivity index (χ3v) is 4.65. The molecule has 1 aromatic rings. The van der Waals surface area contributed by atoms with Crippen LogP contribution in [0.2, 0.25) is 0 Å². The zero-order chi connectivity index (χ0) is 14.8. The van der Waals surface area contributed by atoms with Gasteiger partial charge >= 0.3 is 0 Å². The Kier molecular flexibility index (Phi) is 3.96. The summed E-state index contributed by atoms with van der Waals surface area (Å²) in [5.41, 5.74) is 0. The lowest BCUT2D eigenvalue weighted by Crippen LogP contribution is -2.41. The number of nitrogens with zero attached hydrogens (tertiary/aromatic N) is 3. The van der Waals surface area contributed by atoms with Crippen LogP contribution in [0.5, 0.6) is 0 Å². The Morgan fingerprint density at radius 3 is 3.10 bits per heavy atom. The minimum absolute atomic E-state index is 0.0315. The molecule has 8 heteroatoms. The summed E-state index contributed by atoms with van der Waals surface area (Å²) in [6.45, 7) is 1.35. The van der Waals surface area contributed by atoms with Crippen LogP contribution in [0.3, 0.4) is 0 Å². The van der Waals surface area contributed by atoms with Crippen molar-refractivity contribution in [2.75, 3.05) is 18.8 Å². The Labute approximate surface area is 126 Å². The highest BCUT2D eigenvalue weighted by molar-refractivity contribution is 8.14. The molecule has 0 aliphatic carbocycles. The molecule has 2 aliphatic rings. The number of imidazole rings is 1. The van der Waals surface area contributed by atoms with Crippen molar-refractivity contribution >= 4 is 28.8 Å². The summed E-state index contributed by atoms with van der Waals surface area (Å²) in [4.78, 5) is 40.4. The monoisotopic (exact) mass is 308 g/mol. The highest BCUT2D eigenvalue weighted by atomic mass is 32.2. The van der Waals surface area contributed by atoms with Crippen LogP contribution in [0, 0.1) is 5.92 Å². The number of nitrogens with one attached hydrogen (secondary N) is 1. The predicted molar refractivity (Wildman–Crippen MR) is 76.6 cm³/mol. The average Bonchev–Trinajstić information content (AvgIpc) is 3.07. The van der Waals surface area contributed by atoms with Crippen molar-refractivity contribution in [3.63, 3.8) is 0 Å². The molecule has 0 radical (unpaired) electrons. The van der Waals surface area contributed by atoms with Gasteiger partial charge in [0.1, 0.15) is 5.82 Å². The highest BCUT2D eigenvalue weighted by Gasteiger charge is 2.30. The molecular weight excluding hydrogens is 292 g/mol. The summed E-state index contributed by atoms with van der Waals surface area (Å²) in [5, 5.41) is 2.58. The quantitative estimate of drug-likeness (QED) is 0.862. The molecule has 7 nitrogen and oxygen atoms in total. The van der Waals surface area contributed by atoms with Crippen LogP contribution in [0.4, 0.5) is 4.79 Å². The lowest BCUT2D eigenvalue weighted by molar-refractivity contribution is -0.127. The first-order valence-electron chi connectivity index (χ1n) is 6.90. The molecule has 1 aromatic heterocycles. The number of thioether (sulfide) groups is 1. The van der Waals surface area contributed by atoms with Crippen LogP contribution >= 0.6 is 11.8 Å². The van der Waals surface area contributed by atoms with Gasteiger partial charge in [-0.1, -0.05) is 11.8 Å². The number of carbonyl (C=O) groups excluding carboxylic acids is 3. The SMILES string of the molecule is O=C(NCCN1C(=O)CSC1=O)C1CCn2ccnc2C1. The molecule has 1 N–H and O–H groups in total. The van der Waals surface area contributed by atoms with E-state index in [1.165, 1.54) is 4.90 Å². The molecule has 0 aromatic carbocycles. The molecule has 3 amide bonds. The van der Waals surface area contributed by atoms with Crippen LogP contribution in [0.25, 0.3) is 0 Å². The fourth-order valence-electron chi connectivity index (χ4n) is 2.61. The number of aromatic nitrogens is 2. The van der Waals surface area contributed by atoms with Crippen LogP contribution in [-0.2, 0) is 22.6 Å². The predicted octanol–water partition coefficient (Wildman–Crippen LogP) is 0.257. The fourth-order valence-corrected chi connectivity index (χ4v) is 3.36. The zero-order valence-corrected chi connectivity index (χ0v) is 12.3. The smallest absolute Gasteiger partial charge is 0.288 e. The highest BCUT2D eigenvalue weighted by Crippen LogP contribution is 2.20. The second-order valence-electron chi connectivity index (χ2n) is 5.12. The molecule has 1 atom stereocenters. The van der Waals surface area contributed by atoms with Gasteiger partial charge in [-0.15, -0.1) is 0 Å². The maximum atomic E-state index is 12.1. The third-order valence-electron chi connectivity index (χ3n) is 3.80. The molecule has 1 unspecified atom stereocenters. The van der Waals surface area contributed by atoms with Gasteiger partial charge in [0.15, 0.2) is 0 Å².